The van der Waals surface area contributed by atoms with Gasteiger partial charge in [-0.05, 0) is 20.3 Å². The lowest BCUT2D eigenvalue weighted by atomic mass is 10.3. The fourth-order valence-electron chi connectivity index (χ4n) is 0.432. The number of hydrogen-bond acceptors (Lipinski definition) is 4. The topological polar surface area (TPSA) is 107 Å². The highest BCUT2D eigenvalue weighted by molar-refractivity contribution is 5.91. The Kier molecular flexibility index (Phi) is 10.8. The summed E-state index contributed by atoms with van der Waals surface area (Å²) in [6.45, 7) is 6.93. The van der Waals surface area contributed by atoms with Crippen molar-refractivity contribution in [2.24, 2.45) is 0 Å². The standard InChI is InChI=1S/C7H13NO2.C3H6O3/c1-6(2)7(10)8-4-3-5-9;1-2(4)3(5)6/h9H,1,3-5H2,2H3,(H,8,10);2,4H,1H3,(H,5,6). The third-order valence-corrected chi connectivity index (χ3v) is 1.37. The molecule has 0 saturated carbocycles. The van der Waals surface area contributed by atoms with Crippen molar-refractivity contribution in [2.75, 3.05) is 13.2 Å². The van der Waals surface area contributed by atoms with Gasteiger partial charge in [0.05, 0.1) is 0 Å². The Morgan fingerprint density at radius 1 is 1.44 bits per heavy atom. The predicted octanol–water partition coefficient (Wildman–Crippen LogP) is -0.487. The molecule has 94 valence electrons. The quantitative estimate of drug-likeness (QED) is 0.379. The predicted molar refractivity (Wildman–Crippen MR) is 58.8 cm³/mol. The second-order valence-electron chi connectivity index (χ2n) is 3.13. The minimum atomic E-state index is -1.23. The van der Waals surface area contributed by atoms with Crippen molar-refractivity contribution >= 4 is 11.9 Å². The van der Waals surface area contributed by atoms with Gasteiger partial charge in [-0.3, -0.25) is 4.79 Å². The largest absolute Gasteiger partial charge is 0.479 e. The van der Waals surface area contributed by atoms with E-state index in [1.165, 1.54) is 6.92 Å². The Hall–Kier alpha value is -1.40. The molecule has 0 saturated heterocycles. The first kappa shape index (κ1) is 17.0. The van der Waals surface area contributed by atoms with E-state index in [0.29, 0.717) is 18.5 Å². The van der Waals surface area contributed by atoms with Crippen LogP contribution in [0.3, 0.4) is 0 Å². The molecule has 0 aliphatic rings. The lowest BCUT2D eigenvalue weighted by molar-refractivity contribution is -0.145. The number of carboxylic acids is 1. The Bertz CT molecular complexity index is 237. The first-order chi connectivity index (χ1) is 7.32. The maximum absolute atomic E-state index is 10.7. The van der Waals surface area contributed by atoms with Gasteiger partial charge < -0.3 is 20.6 Å². The third-order valence-electron chi connectivity index (χ3n) is 1.37. The van der Waals surface area contributed by atoms with E-state index in [-0.39, 0.29) is 12.5 Å². The summed E-state index contributed by atoms with van der Waals surface area (Å²) in [4.78, 5) is 20.2. The minimum absolute atomic E-state index is 0.108. The molecule has 1 unspecified atom stereocenters. The van der Waals surface area contributed by atoms with Gasteiger partial charge in [-0.15, -0.1) is 0 Å². The van der Waals surface area contributed by atoms with Crippen LogP contribution in [0.15, 0.2) is 12.2 Å². The molecule has 0 aromatic carbocycles. The molecule has 1 amide bonds. The maximum Gasteiger partial charge on any atom is 0.332 e. The van der Waals surface area contributed by atoms with E-state index in [0.717, 1.165) is 0 Å². The van der Waals surface area contributed by atoms with E-state index in [2.05, 4.69) is 11.9 Å². The van der Waals surface area contributed by atoms with Gasteiger partial charge in [0.15, 0.2) is 0 Å². The van der Waals surface area contributed by atoms with Gasteiger partial charge in [0.1, 0.15) is 6.10 Å². The number of aliphatic carboxylic acids is 1. The van der Waals surface area contributed by atoms with Crippen LogP contribution in [0.1, 0.15) is 20.3 Å². The number of rotatable bonds is 5. The average Bonchev–Trinajstić information content (AvgIpc) is 2.18. The normalized spacial score (nSPS) is 10.8. The van der Waals surface area contributed by atoms with E-state index < -0.39 is 12.1 Å². The molecule has 0 fully saturated rings. The van der Waals surface area contributed by atoms with Crippen LogP contribution in [-0.2, 0) is 9.59 Å². The van der Waals surface area contributed by atoms with Crippen LogP contribution in [0.25, 0.3) is 0 Å². The van der Waals surface area contributed by atoms with Crippen molar-refractivity contribution in [1.29, 1.82) is 0 Å². The van der Waals surface area contributed by atoms with Gasteiger partial charge in [0, 0.05) is 18.7 Å². The van der Waals surface area contributed by atoms with E-state index >= 15 is 0 Å². The molecule has 16 heavy (non-hydrogen) atoms. The Morgan fingerprint density at radius 3 is 2.12 bits per heavy atom. The lowest BCUT2D eigenvalue weighted by Gasteiger charge is -2.01. The third kappa shape index (κ3) is 12.6. The monoisotopic (exact) mass is 233 g/mol. The number of hydrogen-bond donors (Lipinski definition) is 4. The van der Waals surface area contributed by atoms with Crippen molar-refractivity contribution in [3.63, 3.8) is 0 Å². The molecule has 6 nitrogen and oxygen atoms in total. The van der Waals surface area contributed by atoms with Crippen LogP contribution >= 0.6 is 0 Å². The summed E-state index contributed by atoms with van der Waals surface area (Å²) < 4.78 is 0. The maximum atomic E-state index is 10.7. The summed E-state index contributed by atoms with van der Waals surface area (Å²) in [5.41, 5.74) is 0.498. The minimum Gasteiger partial charge on any atom is -0.479 e. The van der Waals surface area contributed by atoms with Crippen LogP contribution < -0.4 is 5.32 Å². The molecule has 4 N–H and O–H groups in total. The van der Waals surface area contributed by atoms with Crippen LogP contribution in [0.4, 0.5) is 0 Å². The molecule has 0 aromatic rings. The second-order valence-corrected chi connectivity index (χ2v) is 3.13. The molecule has 0 spiro atoms. The fourth-order valence-corrected chi connectivity index (χ4v) is 0.432. The van der Waals surface area contributed by atoms with Gasteiger partial charge in [-0.25, -0.2) is 4.79 Å². The molecule has 0 radical (unpaired) electrons. The van der Waals surface area contributed by atoms with Crippen molar-refractivity contribution < 1.29 is 24.9 Å². The van der Waals surface area contributed by atoms with Gasteiger partial charge >= 0.3 is 5.97 Å². The summed E-state index contributed by atoms with van der Waals surface area (Å²) in [5, 5.41) is 26.7. The first-order valence-corrected chi connectivity index (χ1v) is 4.78. The number of carboxylic acid groups (broad SMARTS) is 1. The van der Waals surface area contributed by atoms with Gasteiger partial charge in [-0.2, -0.15) is 0 Å². The molecule has 0 heterocycles. The van der Waals surface area contributed by atoms with Crippen molar-refractivity contribution in [1.82, 2.24) is 5.32 Å². The van der Waals surface area contributed by atoms with E-state index in [1.807, 2.05) is 0 Å². The number of amides is 1. The number of aliphatic hydroxyl groups excluding tert-OH is 2. The van der Waals surface area contributed by atoms with E-state index in [4.69, 9.17) is 15.3 Å². The SMILES string of the molecule is C=C(C)C(=O)NCCCO.CC(O)C(=O)O. The van der Waals surface area contributed by atoms with Crippen molar-refractivity contribution in [3.05, 3.63) is 12.2 Å². The number of aliphatic hydroxyl groups is 2. The number of carbonyl (C=O) groups excluding carboxylic acids is 1. The van der Waals surface area contributed by atoms with Crippen LogP contribution in [0.2, 0.25) is 0 Å². The highest BCUT2D eigenvalue weighted by Gasteiger charge is 2.01. The Balaban J connectivity index is 0. The summed E-state index contributed by atoms with van der Waals surface area (Å²) in [6, 6.07) is 0. The summed E-state index contributed by atoms with van der Waals surface area (Å²) in [7, 11) is 0. The zero-order valence-corrected chi connectivity index (χ0v) is 9.56. The summed E-state index contributed by atoms with van der Waals surface area (Å²) >= 11 is 0. The number of nitrogens with one attached hydrogen (secondary N) is 1. The summed E-state index contributed by atoms with van der Waals surface area (Å²) in [6.07, 6.45) is -0.635. The highest BCUT2D eigenvalue weighted by atomic mass is 16.4. The number of carbonyl (C=O) groups is 2. The molecule has 0 aliphatic carbocycles. The molecule has 1 atom stereocenters. The fraction of sp³-hybridized carbons (Fsp3) is 0.600. The lowest BCUT2D eigenvalue weighted by Crippen LogP contribution is -2.25. The van der Waals surface area contributed by atoms with Gasteiger partial charge in [-0.1, -0.05) is 6.58 Å². The molecule has 0 bridgehead atoms. The summed E-state index contributed by atoms with van der Waals surface area (Å²) in [5.74, 6) is -1.33. The van der Waals surface area contributed by atoms with Crippen LogP contribution in [-0.4, -0.2) is 46.5 Å². The molecule has 0 aliphatic heterocycles. The van der Waals surface area contributed by atoms with Crippen molar-refractivity contribution in [3.8, 4) is 0 Å². The highest BCUT2D eigenvalue weighted by Crippen LogP contribution is 1.84. The van der Waals surface area contributed by atoms with Gasteiger partial charge in [0.2, 0.25) is 5.91 Å². The first-order valence-electron chi connectivity index (χ1n) is 4.78. The van der Waals surface area contributed by atoms with Crippen molar-refractivity contribution in [2.45, 2.75) is 26.4 Å². The van der Waals surface area contributed by atoms with E-state index in [1.54, 1.807) is 6.92 Å². The van der Waals surface area contributed by atoms with Gasteiger partial charge in [0.25, 0.3) is 0 Å². The molecule has 0 aromatic heterocycles. The van der Waals surface area contributed by atoms with Crippen LogP contribution in [0.5, 0.6) is 0 Å². The van der Waals surface area contributed by atoms with E-state index in [9.17, 15) is 9.59 Å². The second kappa shape index (κ2) is 10.1. The average molecular weight is 233 g/mol. The zero-order chi connectivity index (χ0) is 13.1. The Morgan fingerprint density at radius 2 is 1.88 bits per heavy atom. The zero-order valence-electron chi connectivity index (χ0n) is 9.56. The van der Waals surface area contributed by atoms with Crippen LogP contribution in [0, 0.1) is 0 Å². The molecule has 0 rings (SSSR count). The molecule has 6 heteroatoms. The molecular formula is C10H19NO5. The smallest absolute Gasteiger partial charge is 0.332 e. The molecular weight excluding hydrogens is 214 g/mol. The Labute approximate surface area is 94.6 Å².